The van der Waals surface area contributed by atoms with Gasteiger partial charge < -0.3 is 14.6 Å². The van der Waals surface area contributed by atoms with Crippen molar-refractivity contribution >= 4 is 11.9 Å². The molecule has 1 saturated heterocycles. The van der Waals surface area contributed by atoms with E-state index in [0.29, 0.717) is 6.61 Å². The van der Waals surface area contributed by atoms with E-state index in [2.05, 4.69) is 18.7 Å². The zero-order chi connectivity index (χ0) is 18.0. The number of carboxylic acid groups (broad SMARTS) is 1. The first-order valence-electron chi connectivity index (χ1n) is 9.27. The fourth-order valence-corrected chi connectivity index (χ4v) is 2.15. The number of rotatable bonds is 11. The average molecular weight is 345 g/mol. The Labute approximate surface area is 146 Å². The summed E-state index contributed by atoms with van der Waals surface area (Å²) < 4.78 is 10.1. The van der Waals surface area contributed by atoms with Crippen molar-refractivity contribution in [2.45, 2.75) is 65.2 Å². The molecule has 24 heavy (non-hydrogen) atoms. The van der Waals surface area contributed by atoms with E-state index in [0.717, 1.165) is 52.1 Å². The SMILES string of the molecule is CCCC.O=C(O)CC(=O)OCCCCCCCN1CCOCC1. The van der Waals surface area contributed by atoms with E-state index < -0.39 is 18.4 Å². The zero-order valence-corrected chi connectivity index (χ0v) is 15.4. The quantitative estimate of drug-likeness (QED) is 0.352. The molecule has 1 aliphatic heterocycles. The lowest BCUT2D eigenvalue weighted by atomic mass is 10.1. The molecule has 0 atom stereocenters. The molecule has 0 aliphatic carbocycles. The Hall–Kier alpha value is -1.14. The van der Waals surface area contributed by atoms with Crippen molar-refractivity contribution in [3.8, 4) is 0 Å². The summed E-state index contributed by atoms with van der Waals surface area (Å²) in [6.45, 7) is 9.61. The normalized spacial score (nSPS) is 14.6. The third kappa shape index (κ3) is 15.7. The predicted molar refractivity (Wildman–Crippen MR) is 94.1 cm³/mol. The number of esters is 1. The van der Waals surface area contributed by atoms with Crippen molar-refractivity contribution in [3.05, 3.63) is 0 Å². The molecule has 0 unspecified atom stereocenters. The molecule has 0 aromatic heterocycles. The minimum Gasteiger partial charge on any atom is -0.481 e. The van der Waals surface area contributed by atoms with Gasteiger partial charge in [0.15, 0.2) is 0 Å². The van der Waals surface area contributed by atoms with Crippen molar-refractivity contribution in [1.82, 2.24) is 4.90 Å². The van der Waals surface area contributed by atoms with Crippen LogP contribution in [0.15, 0.2) is 0 Å². The Kier molecular flexibility index (Phi) is 15.9. The van der Waals surface area contributed by atoms with Crippen molar-refractivity contribution < 1.29 is 24.2 Å². The standard InChI is InChI=1S/C14H25NO5.C4H10/c16-13(17)12-14(18)20-9-5-3-1-2-4-6-15-7-10-19-11-8-15;1-3-4-2/h1-12H2,(H,16,17);3-4H2,1-2H3. The minimum atomic E-state index is -1.14. The largest absolute Gasteiger partial charge is 0.481 e. The second kappa shape index (κ2) is 16.7. The van der Waals surface area contributed by atoms with Crippen LogP contribution in [0.4, 0.5) is 0 Å². The molecule has 0 bridgehead atoms. The maximum atomic E-state index is 10.9. The van der Waals surface area contributed by atoms with Crippen LogP contribution in [-0.2, 0) is 19.1 Å². The highest BCUT2D eigenvalue weighted by Gasteiger charge is 2.09. The maximum absolute atomic E-state index is 10.9. The first kappa shape index (κ1) is 22.9. The van der Waals surface area contributed by atoms with Gasteiger partial charge in [-0.1, -0.05) is 46.0 Å². The minimum absolute atomic E-state index is 0.329. The van der Waals surface area contributed by atoms with Crippen molar-refractivity contribution in [2.75, 3.05) is 39.5 Å². The summed E-state index contributed by atoms with van der Waals surface area (Å²) >= 11 is 0. The van der Waals surface area contributed by atoms with E-state index >= 15 is 0 Å². The summed E-state index contributed by atoms with van der Waals surface area (Å²) in [6.07, 6.45) is 7.42. The Morgan fingerprint density at radius 2 is 1.58 bits per heavy atom. The van der Waals surface area contributed by atoms with E-state index in [-0.39, 0.29) is 0 Å². The molecule has 1 aliphatic rings. The summed E-state index contributed by atoms with van der Waals surface area (Å²) in [4.78, 5) is 23.6. The monoisotopic (exact) mass is 345 g/mol. The molecular weight excluding hydrogens is 310 g/mol. The summed E-state index contributed by atoms with van der Waals surface area (Å²) in [5.74, 6) is -1.79. The van der Waals surface area contributed by atoms with Gasteiger partial charge in [-0.2, -0.15) is 0 Å². The van der Waals surface area contributed by atoms with Crippen LogP contribution in [0.5, 0.6) is 0 Å². The highest BCUT2D eigenvalue weighted by Crippen LogP contribution is 2.06. The third-order valence-electron chi connectivity index (χ3n) is 3.78. The average Bonchev–Trinajstić information content (AvgIpc) is 2.57. The molecule has 0 aromatic carbocycles. The molecule has 1 rings (SSSR count). The molecule has 0 spiro atoms. The number of nitrogens with zero attached hydrogens (tertiary/aromatic N) is 1. The molecule has 1 fully saturated rings. The lowest BCUT2D eigenvalue weighted by Crippen LogP contribution is -2.36. The summed E-state index contributed by atoms with van der Waals surface area (Å²) in [7, 11) is 0. The second-order valence-corrected chi connectivity index (χ2v) is 6.01. The van der Waals surface area contributed by atoms with Gasteiger partial charge in [0.1, 0.15) is 6.42 Å². The number of morpholine rings is 1. The first-order chi connectivity index (χ1) is 11.6. The van der Waals surface area contributed by atoms with Crippen molar-refractivity contribution in [3.63, 3.8) is 0 Å². The van der Waals surface area contributed by atoms with Crippen LogP contribution in [-0.4, -0.2) is 61.4 Å². The Balaban J connectivity index is 0.00000118. The van der Waals surface area contributed by atoms with Gasteiger partial charge in [-0.3, -0.25) is 14.5 Å². The van der Waals surface area contributed by atoms with Gasteiger partial charge in [0.05, 0.1) is 19.8 Å². The number of aliphatic carboxylic acids is 1. The number of carbonyl (C=O) groups excluding carboxylic acids is 1. The molecular formula is C18H35NO5. The number of hydrogen-bond acceptors (Lipinski definition) is 5. The Morgan fingerprint density at radius 3 is 2.17 bits per heavy atom. The summed E-state index contributed by atoms with van der Waals surface area (Å²) in [6, 6.07) is 0. The lowest BCUT2D eigenvalue weighted by molar-refractivity contribution is -0.151. The van der Waals surface area contributed by atoms with Crippen LogP contribution in [0.2, 0.25) is 0 Å². The number of carboxylic acids is 1. The molecule has 0 amide bonds. The van der Waals surface area contributed by atoms with Crippen LogP contribution < -0.4 is 0 Å². The Morgan fingerprint density at radius 1 is 1.00 bits per heavy atom. The summed E-state index contributed by atoms with van der Waals surface area (Å²) in [5.41, 5.74) is 0. The fourth-order valence-electron chi connectivity index (χ4n) is 2.15. The molecule has 0 aromatic rings. The van der Waals surface area contributed by atoms with E-state index in [1.165, 1.54) is 25.7 Å². The zero-order valence-electron chi connectivity index (χ0n) is 15.4. The number of unbranched alkanes of at least 4 members (excludes halogenated alkanes) is 5. The van der Waals surface area contributed by atoms with Gasteiger partial charge in [0.25, 0.3) is 0 Å². The smallest absolute Gasteiger partial charge is 0.317 e. The highest BCUT2D eigenvalue weighted by atomic mass is 16.5. The molecule has 1 heterocycles. The van der Waals surface area contributed by atoms with Gasteiger partial charge in [-0.15, -0.1) is 0 Å². The predicted octanol–water partition coefficient (Wildman–Crippen LogP) is 3.09. The number of hydrogen-bond donors (Lipinski definition) is 1. The maximum Gasteiger partial charge on any atom is 0.317 e. The van der Waals surface area contributed by atoms with Crippen LogP contribution in [0.1, 0.15) is 65.2 Å². The molecule has 1 N–H and O–H groups in total. The van der Waals surface area contributed by atoms with Gasteiger partial charge in [0.2, 0.25) is 0 Å². The van der Waals surface area contributed by atoms with Crippen LogP contribution in [0, 0.1) is 0 Å². The van der Waals surface area contributed by atoms with Crippen LogP contribution in [0.3, 0.4) is 0 Å². The highest BCUT2D eigenvalue weighted by molar-refractivity contribution is 5.90. The van der Waals surface area contributed by atoms with E-state index in [1.54, 1.807) is 0 Å². The molecule has 142 valence electrons. The molecule has 0 radical (unpaired) electrons. The molecule has 0 saturated carbocycles. The van der Waals surface area contributed by atoms with Crippen LogP contribution >= 0.6 is 0 Å². The third-order valence-corrected chi connectivity index (χ3v) is 3.78. The lowest BCUT2D eigenvalue weighted by Gasteiger charge is -2.26. The topological polar surface area (TPSA) is 76.1 Å². The van der Waals surface area contributed by atoms with Crippen molar-refractivity contribution in [1.29, 1.82) is 0 Å². The molecule has 6 nitrogen and oxygen atoms in total. The number of carbonyl (C=O) groups is 2. The fraction of sp³-hybridized carbons (Fsp3) is 0.889. The van der Waals surface area contributed by atoms with Gasteiger partial charge in [-0.25, -0.2) is 0 Å². The van der Waals surface area contributed by atoms with E-state index in [4.69, 9.17) is 14.6 Å². The Bertz CT molecular complexity index is 315. The first-order valence-corrected chi connectivity index (χ1v) is 9.27. The van der Waals surface area contributed by atoms with E-state index in [9.17, 15) is 9.59 Å². The summed E-state index contributed by atoms with van der Waals surface area (Å²) in [5, 5.41) is 8.38. The van der Waals surface area contributed by atoms with Gasteiger partial charge >= 0.3 is 11.9 Å². The second-order valence-electron chi connectivity index (χ2n) is 6.01. The molecule has 6 heteroatoms. The van der Waals surface area contributed by atoms with Gasteiger partial charge in [-0.05, 0) is 19.4 Å². The number of ether oxygens (including phenoxy) is 2. The van der Waals surface area contributed by atoms with Crippen LogP contribution in [0.25, 0.3) is 0 Å². The van der Waals surface area contributed by atoms with Crippen molar-refractivity contribution in [2.24, 2.45) is 0 Å². The van der Waals surface area contributed by atoms with Gasteiger partial charge in [0, 0.05) is 13.1 Å². The van der Waals surface area contributed by atoms with E-state index in [1.807, 2.05) is 0 Å².